The highest BCUT2D eigenvalue weighted by Crippen LogP contribution is 2.20. The molecule has 1 aromatic rings. The van der Waals surface area contributed by atoms with Crippen molar-refractivity contribution in [1.29, 1.82) is 0 Å². The highest BCUT2D eigenvalue weighted by molar-refractivity contribution is 7.99. The third-order valence-electron chi connectivity index (χ3n) is 2.08. The van der Waals surface area contributed by atoms with Gasteiger partial charge < -0.3 is 5.73 Å². The number of sulfonamides is 1. The number of nitrogens with one attached hydrogen (secondary N) is 1. The molecule has 1 aromatic carbocycles. The third-order valence-corrected chi connectivity index (χ3v) is 4.56. The summed E-state index contributed by atoms with van der Waals surface area (Å²) >= 11 is 1.55. The van der Waals surface area contributed by atoms with Gasteiger partial charge in [0.25, 0.3) is 0 Å². The maximum atomic E-state index is 13.2. The van der Waals surface area contributed by atoms with Crippen LogP contribution in [0.5, 0.6) is 0 Å². The summed E-state index contributed by atoms with van der Waals surface area (Å²) in [6.45, 7) is 3.82. The number of hydrogen-bond acceptors (Lipinski definition) is 4. The van der Waals surface area contributed by atoms with Crippen LogP contribution in [0.25, 0.3) is 0 Å². The minimum atomic E-state index is -3.75. The van der Waals surface area contributed by atoms with Crippen LogP contribution in [0.4, 0.5) is 10.1 Å². The molecule has 0 aromatic heterocycles. The normalized spacial score (nSPS) is 11.4. The van der Waals surface area contributed by atoms with E-state index in [2.05, 4.69) is 11.3 Å². The van der Waals surface area contributed by atoms with Gasteiger partial charge in [-0.1, -0.05) is 12.1 Å². The largest absolute Gasteiger partial charge is 0.395 e. The molecular weight excluding hydrogens is 275 g/mol. The van der Waals surface area contributed by atoms with Crippen molar-refractivity contribution in [1.82, 2.24) is 4.72 Å². The Bertz CT molecular complexity index is 518. The van der Waals surface area contributed by atoms with Crippen molar-refractivity contribution in [3.63, 3.8) is 0 Å². The Kier molecular flexibility index (Phi) is 5.64. The number of halogens is 1. The summed E-state index contributed by atoms with van der Waals surface area (Å²) < 4.78 is 39.2. The van der Waals surface area contributed by atoms with E-state index in [9.17, 15) is 12.8 Å². The van der Waals surface area contributed by atoms with Crippen molar-refractivity contribution in [3.05, 3.63) is 36.7 Å². The Morgan fingerprint density at radius 1 is 1.50 bits per heavy atom. The molecule has 0 aliphatic carbocycles. The average molecular weight is 290 g/mol. The first-order valence-corrected chi connectivity index (χ1v) is 7.85. The zero-order chi connectivity index (χ0) is 13.6. The minimum Gasteiger partial charge on any atom is -0.395 e. The number of anilines is 1. The molecule has 0 amide bonds. The van der Waals surface area contributed by atoms with Crippen molar-refractivity contribution in [2.75, 3.05) is 23.8 Å². The molecule has 1 rings (SSSR count). The predicted octanol–water partition coefficient (Wildman–Crippen LogP) is 1.61. The molecule has 0 unspecified atom stereocenters. The van der Waals surface area contributed by atoms with E-state index in [1.165, 1.54) is 12.1 Å². The van der Waals surface area contributed by atoms with E-state index in [0.29, 0.717) is 5.75 Å². The second-order valence-electron chi connectivity index (χ2n) is 3.41. The van der Waals surface area contributed by atoms with Crippen LogP contribution in [-0.4, -0.2) is 26.5 Å². The Labute approximate surface area is 111 Å². The van der Waals surface area contributed by atoms with E-state index in [4.69, 9.17) is 5.73 Å². The molecule has 0 atom stereocenters. The molecular formula is C11H15FN2O2S2. The fourth-order valence-electron chi connectivity index (χ4n) is 1.24. The topological polar surface area (TPSA) is 72.2 Å². The van der Waals surface area contributed by atoms with Crippen molar-refractivity contribution in [2.45, 2.75) is 4.90 Å². The summed E-state index contributed by atoms with van der Waals surface area (Å²) in [6.07, 6.45) is 1.74. The number of nitrogens with two attached hydrogens (primary N) is 1. The van der Waals surface area contributed by atoms with E-state index in [1.807, 2.05) is 0 Å². The lowest BCUT2D eigenvalue weighted by Crippen LogP contribution is -2.27. The molecule has 0 radical (unpaired) electrons. The van der Waals surface area contributed by atoms with Crippen LogP contribution in [0.2, 0.25) is 0 Å². The molecule has 100 valence electrons. The first-order valence-electron chi connectivity index (χ1n) is 5.21. The lowest BCUT2D eigenvalue weighted by molar-refractivity contribution is 0.581. The van der Waals surface area contributed by atoms with Crippen molar-refractivity contribution < 1.29 is 12.8 Å². The second-order valence-corrected chi connectivity index (χ2v) is 6.30. The van der Waals surface area contributed by atoms with Crippen molar-refractivity contribution >= 4 is 27.5 Å². The van der Waals surface area contributed by atoms with Gasteiger partial charge in [-0.3, -0.25) is 0 Å². The van der Waals surface area contributed by atoms with Crippen molar-refractivity contribution in [2.24, 2.45) is 0 Å². The van der Waals surface area contributed by atoms with Crippen LogP contribution in [-0.2, 0) is 10.0 Å². The number of nitrogen functional groups attached to an aromatic ring is 1. The van der Waals surface area contributed by atoms with Crippen LogP contribution in [0.15, 0.2) is 35.7 Å². The van der Waals surface area contributed by atoms with Gasteiger partial charge in [-0.05, 0) is 12.1 Å². The number of hydrogen-bond donors (Lipinski definition) is 2. The zero-order valence-electron chi connectivity index (χ0n) is 9.73. The molecule has 0 aliphatic rings. The zero-order valence-corrected chi connectivity index (χ0v) is 11.4. The summed E-state index contributed by atoms with van der Waals surface area (Å²) in [6, 6.07) is 3.71. The van der Waals surface area contributed by atoms with Gasteiger partial charge in [0.15, 0.2) is 0 Å². The Hall–Kier alpha value is -1.05. The highest BCUT2D eigenvalue weighted by atomic mass is 32.2. The lowest BCUT2D eigenvalue weighted by Gasteiger charge is -2.09. The quantitative estimate of drug-likeness (QED) is 0.454. The van der Waals surface area contributed by atoms with Gasteiger partial charge in [-0.15, -0.1) is 6.58 Å². The smallest absolute Gasteiger partial charge is 0.242 e. The van der Waals surface area contributed by atoms with E-state index in [-0.39, 0.29) is 17.1 Å². The Morgan fingerprint density at radius 2 is 2.22 bits per heavy atom. The summed E-state index contributed by atoms with van der Waals surface area (Å²) in [5, 5.41) is 0. The summed E-state index contributed by atoms with van der Waals surface area (Å²) in [5.41, 5.74) is 5.05. The molecule has 0 heterocycles. The van der Waals surface area contributed by atoms with Crippen LogP contribution < -0.4 is 10.5 Å². The highest BCUT2D eigenvalue weighted by Gasteiger charge is 2.18. The first kappa shape index (κ1) is 15.0. The molecule has 0 spiro atoms. The minimum absolute atomic E-state index is 0.226. The van der Waals surface area contributed by atoms with E-state index < -0.39 is 15.8 Å². The molecule has 4 nitrogen and oxygen atoms in total. The van der Waals surface area contributed by atoms with Gasteiger partial charge in [0.2, 0.25) is 10.0 Å². The van der Waals surface area contributed by atoms with Crippen LogP contribution in [0.1, 0.15) is 0 Å². The molecule has 0 saturated heterocycles. The molecule has 0 aliphatic heterocycles. The first-order chi connectivity index (χ1) is 8.49. The number of para-hydroxylation sites is 1. The standard InChI is InChI=1S/C11H15FN2O2S2/c1-2-7-17-8-6-14-18(15,16)10-5-3-4-9(12)11(10)13/h2-5,14H,1,6-8,13H2. The monoisotopic (exact) mass is 290 g/mol. The van der Waals surface area contributed by atoms with Gasteiger partial charge >= 0.3 is 0 Å². The lowest BCUT2D eigenvalue weighted by atomic mass is 10.3. The Balaban J connectivity index is 2.69. The third kappa shape index (κ3) is 4.01. The molecule has 0 saturated carbocycles. The fraction of sp³-hybridized carbons (Fsp3) is 0.273. The van der Waals surface area contributed by atoms with E-state index in [0.717, 1.165) is 11.8 Å². The molecule has 7 heteroatoms. The van der Waals surface area contributed by atoms with E-state index >= 15 is 0 Å². The van der Waals surface area contributed by atoms with E-state index in [1.54, 1.807) is 17.8 Å². The number of thioether (sulfide) groups is 1. The van der Waals surface area contributed by atoms with Gasteiger partial charge in [-0.2, -0.15) is 11.8 Å². The average Bonchev–Trinajstić information content (AvgIpc) is 2.32. The maximum Gasteiger partial charge on any atom is 0.242 e. The van der Waals surface area contributed by atoms with Gasteiger partial charge in [0, 0.05) is 18.1 Å². The van der Waals surface area contributed by atoms with Gasteiger partial charge in [0.1, 0.15) is 10.7 Å². The number of benzene rings is 1. The Morgan fingerprint density at radius 3 is 2.89 bits per heavy atom. The maximum absolute atomic E-state index is 13.2. The number of rotatable bonds is 7. The predicted molar refractivity (Wildman–Crippen MR) is 73.5 cm³/mol. The fourth-order valence-corrected chi connectivity index (χ4v) is 3.12. The molecule has 18 heavy (non-hydrogen) atoms. The van der Waals surface area contributed by atoms with Crippen LogP contribution in [0, 0.1) is 5.82 Å². The summed E-state index contributed by atoms with van der Waals surface area (Å²) in [5.74, 6) is 0.628. The summed E-state index contributed by atoms with van der Waals surface area (Å²) in [7, 11) is -3.75. The molecule has 0 bridgehead atoms. The van der Waals surface area contributed by atoms with Crippen LogP contribution >= 0.6 is 11.8 Å². The van der Waals surface area contributed by atoms with Gasteiger partial charge in [-0.25, -0.2) is 17.5 Å². The van der Waals surface area contributed by atoms with Crippen molar-refractivity contribution in [3.8, 4) is 0 Å². The van der Waals surface area contributed by atoms with Gasteiger partial charge in [0.05, 0.1) is 5.69 Å². The second kappa shape index (κ2) is 6.77. The summed E-state index contributed by atoms with van der Waals surface area (Å²) in [4.78, 5) is -0.226. The molecule has 0 fully saturated rings. The van der Waals surface area contributed by atoms with Crippen LogP contribution in [0.3, 0.4) is 0 Å². The SMILES string of the molecule is C=CCSCCNS(=O)(=O)c1cccc(F)c1N. The molecule has 3 N–H and O–H groups in total.